The minimum absolute atomic E-state index is 0.0283. The normalized spacial score (nSPS) is 17.8. The van der Waals surface area contributed by atoms with Crippen molar-refractivity contribution in [1.29, 1.82) is 0 Å². The fourth-order valence-electron chi connectivity index (χ4n) is 7.26. The number of hydrogen-bond donors (Lipinski definition) is 6. The molecule has 0 aliphatic carbocycles. The molecule has 4 rings (SSSR count). The van der Waals surface area contributed by atoms with Gasteiger partial charge in [0.05, 0.1) is 6.04 Å². The summed E-state index contributed by atoms with van der Waals surface area (Å²) in [6, 6.07) is 19.4. The quantitative estimate of drug-likeness (QED) is 0.116. The van der Waals surface area contributed by atoms with Crippen LogP contribution in [0.25, 0.3) is 0 Å². The van der Waals surface area contributed by atoms with Gasteiger partial charge in [0.15, 0.2) is 0 Å². The fraction of sp³-hybridized carbons (Fsp3) is 0.600. The van der Waals surface area contributed by atoms with E-state index in [0.717, 1.165) is 25.7 Å². The van der Waals surface area contributed by atoms with Crippen LogP contribution >= 0.6 is 0 Å². The Morgan fingerprint density at radius 1 is 0.882 bits per heavy atom. The topological polar surface area (TPSA) is 158 Å². The highest BCUT2D eigenvalue weighted by molar-refractivity contribution is 5.90. The van der Waals surface area contributed by atoms with Crippen molar-refractivity contribution in [3.63, 3.8) is 0 Å². The molecule has 0 aromatic heterocycles. The zero-order chi connectivity index (χ0) is 36.6. The Hall–Kier alpha value is -3.80. The predicted octanol–water partition coefficient (Wildman–Crippen LogP) is 2.68. The number of amides is 4. The summed E-state index contributed by atoms with van der Waals surface area (Å²) in [6.07, 6.45) is 6.09. The molecule has 0 bridgehead atoms. The molecule has 2 aliphatic heterocycles. The molecule has 4 atom stereocenters. The van der Waals surface area contributed by atoms with E-state index in [0.29, 0.717) is 71.4 Å². The number of likely N-dealkylation sites (tertiary alicyclic amines) is 1. The molecule has 2 aromatic carbocycles. The van der Waals surface area contributed by atoms with Gasteiger partial charge in [-0.05, 0) is 73.8 Å². The average Bonchev–Trinajstić information content (AvgIpc) is 3.47. The molecule has 0 radical (unpaired) electrons. The molecule has 0 saturated carbocycles. The van der Waals surface area contributed by atoms with E-state index in [2.05, 4.69) is 64.7 Å². The Bertz CT molecular complexity index is 1380. The molecule has 2 aliphatic rings. The van der Waals surface area contributed by atoms with Crippen LogP contribution in [0.15, 0.2) is 60.7 Å². The first-order valence-electron chi connectivity index (χ1n) is 18.9. The standard InChI is InChI=1S/C40H61N7O4/c1-29(2)22-36(44-27-34(24-32-14-8-5-9-15-32)43-26-33(41)23-31-12-6-4-7-13-31)38(50)46-35(16-10-11-19-42-30(3)48)39(51)47-20-17-40(18-21-47)25-37(49)45-28-40/h4-9,12-15,29,33-36,43-44H,10-11,16-28,41H2,1-3H3,(H,42,48)(H,45,49)(H,46,50)/t33?,34-,35-,36-/m1/s1. The van der Waals surface area contributed by atoms with E-state index in [4.69, 9.17) is 5.73 Å². The van der Waals surface area contributed by atoms with Gasteiger partial charge >= 0.3 is 0 Å². The highest BCUT2D eigenvalue weighted by Crippen LogP contribution is 2.37. The van der Waals surface area contributed by atoms with Crippen LogP contribution in [0.4, 0.5) is 0 Å². The third-order valence-corrected chi connectivity index (χ3v) is 10.2. The molecule has 2 saturated heterocycles. The van der Waals surface area contributed by atoms with E-state index in [1.165, 1.54) is 18.1 Å². The number of rotatable bonds is 20. The van der Waals surface area contributed by atoms with Crippen molar-refractivity contribution in [3.8, 4) is 0 Å². The number of hydrogen-bond acceptors (Lipinski definition) is 7. The lowest BCUT2D eigenvalue weighted by atomic mass is 9.77. The Morgan fingerprint density at radius 2 is 1.53 bits per heavy atom. The number of nitrogens with two attached hydrogens (primary N) is 1. The first-order chi connectivity index (χ1) is 24.5. The molecule has 1 unspecified atom stereocenters. The Labute approximate surface area is 304 Å². The van der Waals surface area contributed by atoms with Gasteiger partial charge in [-0.15, -0.1) is 0 Å². The third-order valence-electron chi connectivity index (χ3n) is 10.2. The third kappa shape index (κ3) is 13.7. The molecule has 2 aromatic rings. The lowest BCUT2D eigenvalue weighted by Crippen LogP contribution is -2.57. The van der Waals surface area contributed by atoms with Gasteiger partial charge in [-0.3, -0.25) is 19.2 Å². The van der Waals surface area contributed by atoms with Gasteiger partial charge in [0.25, 0.3) is 0 Å². The second kappa shape index (κ2) is 20.3. The van der Waals surface area contributed by atoms with Crippen molar-refractivity contribution >= 4 is 23.6 Å². The number of benzene rings is 2. The van der Waals surface area contributed by atoms with E-state index < -0.39 is 12.1 Å². The van der Waals surface area contributed by atoms with Crippen molar-refractivity contribution in [2.24, 2.45) is 17.1 Å². The highest BCUT2D eigenvalue weighted by atomic mass is 16.2. The van der Waals surface area contributed by atoms with Gasteiger partial charge in [0, 0.05) is 64.7 Å². The van der Waals surface area contributed by atoms with Crippen molar-refractivity contribution < 1.29 is 19.2 Å². The van der Waals surface area contributed by atoms with Crippen LogP contribution in [0.1, 0.15) is 76.8 Å². The van der Waals surface area contributed by atoms with E-state index in [1.54, 1.807) is 0 Å². The SMILES string of the molecule is CC(=O)NCCCC[C@@H](NC(=O)[C@@H](CC(C)C)NC[C@@H](Cc1ccccc1)NCC(N)Cc1ccccc1)C(=O)N1CCC2(CC1)CNC(=O)C2. The van der Waals surface area contributed by atoms with Crippen LogP contribution in [0.3, 0.4) is 0 Å². The molecule has 2 fully saturated rings. The Morgan fingerprint density at radius 3 is 2.12 bits per heavy atom. The van der Waals surface area contributed by atoms with Gasteiger partial charge in [0.1, 0.15) is 6.04 Å². The zero-order valence-corrected chi connectivity index (χ0v) is 30.9. The molecule has 11 heteroatoms. The highest BCUT2D eigenvalue weighted by Gasteiger charge is 2.42. The smallest absolute Gasteiger partial charge is 0.245 e. The second-order valence-corrected chi connectivity index (χ2v) is 15.2. The number of nitrogens with zero attached hydrogens (tertiary/aromatic N) is 1. The number of piperidine rings is 1. The first-order valence-corrected chi connectivity index (χ1v) is 18.9. The molecule has 2 heterocycles. The summed E-state index contributed by atoms with van der Waals surface area (Å²) in [6.45, 7) is 9.20. The molecular weight excluding hydrogens is 642 g/mol. The molecular formula is C40H61N7O4. The minimum Gasteiger partial charge on any atom is -0.356 e. The summed E-state index contributed by atoms with van der Waals surface area (Å²) >= 11 is 0. The van der Waals surface area contributed by atoms with Crippen LogP contribution < -0.4 is 32.3 Å². The molecule has 280 valence electrons. The van der Waals surface area contributed by atoms with Crippen LogP contribution in [-0.4, -0.2) is 92.0 Å². The largest absolute Gasteiger partial charge is 0.356 e. The fourth-order valence-corrected chi connectivity index (χ4v) is 7.26. The maximum atomic E-state index is 14.0. The number of unbranched alkanes of at least 4 members (excludes halogenated alkanes) is 1. The summed E-state index contributed by atoms with van der Waals surface area (Å²) in [5.41, 5.74) is 8.88. The Kier molecular flexibility index (Phi) is 15.9. The van der Waals surface area contributed by atoms with Gasteiger partial charge in [-0.25, -0.2) is 0 Å². The van der Waals surface area contributed by atoms with Crippen LogP contribution in [0.2, 0.25) is 0 Å². The predicted molar refractivity (Wildman–Crippen MR) is 202 cm³/mol. The summed E-state index contributed by atoms with van der Waals surface area (Å²) in [5.74, 6) is -0.00429. The van der Waals surface area contributed by atoms with Gasteiger partial charge in [-0.2, -0.15) is 0 Å². The maximum Gasteiger partial charge on any atom is 0.245 e. The number of carbonyl (C=O) groups is 4. The molecule has 7 N–H and O–H groups in total. The van der Waals surface area contributed by atoms with Crippen molar-refractivity contribution in [2.45, 2.75) is 103 Å². The number of nitrogens with one attached hydrogen (secondary N) is 5. The molecule has 11 nitrogen and oxygen atoms in total. The zero-order valence-electron chi connectivity index (χ0n) is 30.9. The van der Waals surface area contributed by atoms with Crippen molar-refractivity contribution in [3.05, 3.63) is 71.8 Å². The van der Waals surface area contributed by atoms with Crippen LogP contribution in [-0.2, 0) is 32.0 Å². The minimum atomic E-state index is -0.669. The second-order valence-electron chi connectivity index (χ2n) is 15.2. The van der Waals surface area contributed by atoms with E-state index >= 15 is 0 Å². The molecule has 51 heavy (non-hydrogen) atoms. The summed E-state index contributed by atoms with van der Waals surface area (Å²) < 4.78 is 0. The monoisotopic (exact) mass is 703 g/mol. The number of carbonyl (C=O) groups excluding carboxylic acids is 4. The first kappa shape index (κ1) is 40.0. The van der Waals surface area contributed by atoms with E-state index in [1.807, 2.05) is 41.3 Å². The summed E-state index contributed by atoms with van der Waals surface area (Å²) in [4.78, 5) is 53.2. The van der Waals surface area contributed by atoms with Gasteiger partial charge < -0.3 is 37.2 Å². The van der Waals surface area contributed by atoms with Gasteiger partial charge in [-0.1, -0.05) is 74.5 Å². The van der Waals surface area contributed by atoms with E-state index in [9.17, 15) is 19.2 Å². The summed E-state index contributed by atoms with van der Waals surface area (Å²) in [5, 5.41) is 16.2. The lowest BCUT2D eigenvalue weighted by molar-refractivity contribution is -0.139. The Balaban J connectivity index is 1.40. The molecule has 4 amide bonds. The van der Waals surface area contributed by atoms with Crippen LogP contribution in [0, 0.1) is 11.3 Å². The van der Waals surface area contributed by atoms with Crippen molar-refractivity contribution in [1.82, 2.24) is 31.5 Å². The maximum absolute atomic E-state index is 14.0. The van der Waals surface area contributed by atoms with Crippen molar-refractivity contribution in [2.75, 3.05) is 39.3 Å². The van der Waals surface area contributed by atoms with E-state index in [-0.39, 0.29) is 47.0 Å². The van der Waals surface area contributed by atoms with Crippen LogP contribution in [0.5, 0.6) is 0 Å². The summed E-state index contributed by atoms with van der Waals surface area (Å²) in [7, 11) is 0. The molecule has 1 spiro atoms. The average molecular weight is 704 g/mol. The van der Waals surface area contributed by atoms with Gasteiger partial charge in [0.2, 0.25) is 23.6 Å². The lowest BCUT2D eigenvalue weighted by Gasteiger charge is -2.39.